The van der Waals surface area contributed by atoms with E-state index in [1.807, 2.05) is 19.1 Å². The molecule has 0 bridgehead atoms. The number of carbonyl (C=O) groups is 1. The smallest absolute Gasteiger partial charge is 0.278 e. The Hall–Kier alpha value is -2.11. The Bertz CT molecular complexity index is 634. The molecule has 2 heterocycles. The number of benzene rings is 1. The van der Waals surface area contributed by atoms with Crippen LogP contribution >= 0.6 is 0 Å². The minimum absolute atomic E-state index is 0.0596. The fraction of sp³-hybridized carbons (Fsp3) is 0.450. The Morgan fingerprint density at radius 3 is 2.68 bits per heavy atom. The van der Waals surface area contributed by atoms with Gasteiger partial charge in [0.2, 0.25) is 0 Å². The number of rotatable bonds is 7. The van der Waals surface area contributed by atoms with Crippen LogP contribution < -0.4 is 15.5 Å². The largest absolute Gasteiger partial charge is 0.467 e. The molecule has 1 fully saturated rings. The Morgan fingerprint density at radius 1 is 1.24 bits per heavy atom. The lowest BCUT2D eigenvalue weighted by molar-refractivity contribution is -0.926. The van der Waals surface area contributed by atoms with Crippen LogP contribution in [0.5, 0.6) is 0 Å². The second-order valence-corrected chi connectivity index (χ2v) is 7.03. The van der Waals surface area contributed by atoms with Crippen molar-refractivity contribution in [1.29, 1.82) is 0 Å². The fourth-order valence-corrected chi connectivity index (χ4v) is 3.55. The van der Waals surface area contributed by atoms with E-state index < -0.39 is 0 Å². The first-order valence-corrected chi connectivity index (χ1v) is 9.23. The highest BCUT2D eigenvalue weighted by Gasteiger charge is 2.28. The van der Waals surface area contributed by atoms with Gasteiger partial charge in [0, 0.05) is 18.4 Å². The molecule has 25 heavy (non-hydrogen) atoms. The summed E-state index contributed by atoms with van der Waals surface area (Å²) in [6, 6.07) is 14.9. The molecule has 1 saturated heterocycles. The third-order valence-corrected chi connectivity index (χ3v) is 5.03. The lowest BCUT2D eigenvalue weighted by Crippen LogP contribution is -3.14. The van der Waals surface area contributed by atoms with Gasteiger partial charge in [-0.05, 0) is 19.1 Å². The van der Waals surface area contributed by atoms with E-state index in [0.29, 0.717) is 12.6 Å². The molecule has 4 N–H and O–H groups in total. The SMILES string of the molecule is C[C@H]([NH2+]C1CC[NH+](Cc2ccccc2)CC1)C(=O)NCc1ccco1. The zero-order valence-electron chi connectivity index (χ0n) is 14.9. The summed E-state index contributed by atoms with van der Waals surface area (Å²) in [5.41, 5.74) is 1.41. The van der Waals surface area contributed by atoms with Crippen LogP contribution in [0.3, 0.4) is 0 Å². The first-order chi connectivity index (χ1) is 12.2. The van der Waals surface area contributed by atoms with Crippen molar-refractivity contribution in [2.75, 3.05) is 13.1 Å². The van der Waals surface area contributed by atoms with Crippen LogP contribution in [-0.2, 0) is 17.9 Å². The highest BCUT2D eigenvalue weighted by atomic mass is 16.3. The average molecular weight is 343 g/mol. The number of amides is 1. The fourth-order valence-electron chi connectivity index (χ4n) is 3.55. The number of hydrogen-bond acceptors (Lipinski definition) is 2. The normalized spacial score (nSPS) is 21.6. The minimum atomic E-state index is -0.0596. The third kappa shape index (κ3) is 5.44. The first-order valence-electron chi connectivity index (χ1n) is 9.23. The number of hydrogen-bond donors (Lipinski definition) is 3. The van der Waals surface area contributed by atoms with Gasteiger partial charge in [0.15, 0.2) is 6.04 Å². The highest BCUT2D eigenvalue weighted by Crippen LogP contribution is 2.00. The molecular weight excluding hydrogens is 314 g/mol. The summed E-state index contributed by atoms with van der Waals surface area (Å²) >= 11 is 0. The van der Waals surface area contributed by atoms with Gasteiger partial charge in [-0.3, -0.25) is 4.79 Å². The van der Waals surface area contributed by atoms with E-state index in [1.165, 1.54) is 18.7 Å². The van der Waals surface area contributed by atoms with Crippen LogP contribution in [0.15, 0.2) is 53.1 Å². The predicted molar refractivity (Wildman–Crippen MR) is 95.8 cm³/mol. The van der Waals surface area contributed by atoms with E-state index >= 15 is 0 Å². The molecular formula is C20H29N3O2+2. The molecule has 0 saturated carbocycles. The highest BCUT2D eigenvalue weighted by molar-refractivity contribution is 5.79. The topological polar surface area (TPSA) is 63.3 Å². The monoisotopic (exact) mass is 343 g/mol. The Kier molecular flexibility index (Phi) is 6.25. The van der Waals surface area contributed by atoms with E-state index in [9.17, 15) is 4.79 Å². The van der Waals surface area contributed by atoms with Crippen molar-refractivity contribution in [2.45, 2.75) is 44.9 Å². The zero-order valence-corrected chi connectivity index (χ0v) is 14.9. The molecule has 0 unspecified atom stereocenters. The van der Waals surface area contributed by atoms with Gasteiger partial charge in [0.25, 0.3) is 5.91 Å². The summed E-state index contributed by atoms with van der Waals surface area (Å²) in [5.74, 6) is 0.869. The lowest BCUT2D eigenvalue weighted by atomic mass is 10.0. The predicted octanol–water partition coefficient (Wildman–Crippen LogP) is 0.0952. The number of nitrogens with one attached hydrogen (secondary N) is 2. The van der Waals surface area contributed by atoms with Gasteiger partial charge in [-0.15, -0.1) is 0 Å². The molecule has 2 aromatic rings. The lowest BCUT2D eigenvalue weighted by Gasteiger charge is -2.29. The van der Waals surface area contributed by atoms with E-state index in [0.717, 1.165) is 25.1 Å². The second kappa shape index (κ2) is 8.83. The molecule has 1 atom stereocenters. The van der Waals surface area contributed by atoms with E-state index in [1.54, 1.807) is 11.2 Å². The summed E-state index contributed by atoms with van der Waals surface area (Å²) in [6.07, 6.45) is 3.96. The van der Waals surface area contributed by atoms with Crippen molar-refractivity contribution in [2.24, 2.45) is 0 Å². The molecule has 1 aliphatic heterocycles. The number of quaternary nitrogens is 2. The van der Waals surface area contributed by atoms with Crippen LogP contribution in [0.25, 0.3) is 0 Å². The van der Waals surface area contributed by atoms with Crippen molar-refractivity contribution >= 4 is 5.91 Å². The van der Waals surface area contributed by atoms with Gasteiger partial charge in [0.1, 0.15) is 12.3 Å². The summed E-state index contributed by atoms with van der Waals surface area (Å²) in [7, 11) is 0. The number of nitrogens with two attached hydrogens (primary N) is 1. The number of furan rings is 1. The summed E-state index contributed by atoms with van der Waals surface area (Å²) in [5, 5.41) is 5.18. The maximum atomic E-state index is 12.2. The summed E-state index contributed by atoms with van der Waals surface area (Å²) in [6.45, 7) is 5.91. The third-order valence-electron chi connectivity index (χ3n) is 5.03. The average Bonchev–Trinajstić information content (AvgIpc) is 3.16. The zero-order chi connectivity index (χ0) is 17.5. The van der Waals surface area contributed by atoms with Crippen LogP contribution in [0.1, 0.15) is 31.1 Å². The number of piperidine rings is 1. The van der Waals surface area contributed by atoms with Gasteiger partial charge in [0.05, 0.1) is 31.9 Å². The quantitative estimate of drug-likeness (QED) is 0.667. The maximum Gasteiger partial charge on any atom is 0.278 e. The number of likely N-dealkylation sites (tertiary alicyclic amines) is 1. The number of carbonyl (C=O) groups excluding carboxylic acids is 1. The van der Waals surface area contributed by atoms with Gasteiger partial charge in [-0.1, -0.05) is 30.3 Å². The first kappa shape index (κ1) is 17.7. The van der Waals surface area contributed by atoms with E-state index in [-0.39, 0.29) is 11.9 Å². The molecule has 0 spiro atoms. The van der Waals surface area contributed by atoms with Crippen molar-refractivity contribution in [3.8, 4) is 0 Å². The van der Waals surface area contributed by atoms with Gasteiger partial charge in [-0.25, -0.2) is 0 Å². The molecule has 134 valence electrons. The molecule has 0 radical (unpaired) electrons. The van der Waals surface area contributed by atoms with Crippen LogP contribution in [0, 0.1) is 0 Å². The molecule has 1 amide bonds. The van der Waals surface area contributed by atoms with E-state index in [2.05, 4.69) is 41.0 Å². The van der Waals surface area contributed by atoms with Gasteiger partial charge >= 0.3 is 0 Å². The van der Waals surface area contributed by atoms with Crippen LogP contribution in [0.4, 0.5) is 0 Å². The molecule has 3 rings (SSSR count). The molecule has 1 aromatic heterocycles. The molecule has 5 nitrogen and oxygen atoms in total. The van der Waals surface area contributed by atoms with Crippen molar-refractivity contribution in [3.05, 3.63) is 60.1 Å². The standard InChI is InChI=1S/C20H27N3O2/c1-16(20(24)21-14-19-8-5-13-25-19)22-18-9-11-23(12-10-18)15-17-6-3-2-4-7-17/h2-8,13,16,18,22H,9-12,14-15H2,1H3,(H,21,24)/p+2/t16-/m0/s1. The van der Waals surface area contributed by atoms with Crippen LogP contribution in [-0.4, -0.2) is 31.1 Å². The van der Waals surface area contributed by atoms with Crippen molar-refractivity contribution in [1.82, 2.24) is 5.32 Å². The van der Waals surface area contributed by atoms with Crippen LogP contribution in [0.2, 0.25) is 0 Å². The van der Waals surface area contributed by atoms with Gasteiger partial charge < -0.3 is 20.0 Å². The molecule has 0 aliphatic carbocycles. The Morgan fingerprint density at radius 2 is 2.00 bits per heavy atom. The van der Waals surface area contributed by atoms with Crippen molar-refractivity contribution < 1.29 is 19.4 Å². The maximum absolute atomic E-state index is 12.2. The van der Waals surface area contributed by atoms with E-state index in [4.69, 9.17) is 4.42 Å². The second-order valence-electron chi connectivity index (χ2n) is 7.03. The minimum Gasteiger partial charge on any atom is -0.467 e. The molecule has 1 aromatic carbocycles. The van der Waals surface area contributed by atoms with Crippen molar-refractivity contribution in [3.63, 3.8) is 0 Å². The summed E-state index contributed by atoms with van der Waals surface area (Å²) < 4.78 is 5.25. The Labute approximate surface area is 149 Å². The molecule has 5 heteroatoms. The Balaban J connectivity index is 1.37. The summed E-state index contributed by atoms with van der Waals surface area (Å²) in [4.78, 5) is 13.9. The van der Waals surface area contributed by atoms with Gasteiger partial charge in [-0.2, -0.15) is 0 Å². The molecule has 1 aliphatic rings.